The first-order chi connectivity index (χ1) is 14.9. The van der Waals surface area contributed by atoms with Gasteiger partial charge in [-0.2, -0.15) is 0 Å². The maximum atomic E-state index is 11.9. The highest BCUT2D eigenvalue weighted by atomic mass is 32.2. The van der Waals surface area contributed by atoms with Crippen LogP contribution >= 0.6 is 0 Å². The van der Waals surface area contributed by atoms with E-state index in [0.717, 1.165) is 50.0 Å². The van der Waals surface area contributed by atoms with Crippen molar-refractivity contribution in [2.24, 2.45) is 0 Å². The molecular formula is C24H33N3O3S. The summed E-state index contributed by atoms with van der Waals surface area (Å²) in [6.07, 6.45) is 8.37. The summed E-state index contributed by atoms with van der Waals surface area (Å²) in [6.45, 7) is 3.30. The Balaban J connectivity index is 1.40. The normalized spacial score (nSPS) is 26.8. The van der Waals surface area contributed by atoms with Crippen molar-refractivity contribution in [1.29, 1.82) is 0 Å². The zero-order valence-electron chi connectivity index (χ0n) is 18.4. The summed E-state index contributed by atoms with van der Waals surface area (Å²) in [5.74, 6) is 0.613. The number of nitrogens with zero attached hydrogens (tertiary/aromatic N) is 2. The van der Waals surface area contributed by atoms with E-state index in [1.807, 2.05) is 13.0 Å². The Bertz CT molecular complexity index is 959. The highest BCUT2D eigenvalue weighted by Gasteiger charge is 2.37. The largest absolute Gasteiger partial charge is 0.376 e. The molecule has 1 aliphatic heterocycles. The highest BCUT2D eigenvalue weighted by Crippen LogP contribution is 2.35. The first kappa shape index (κ1) is 22.2. The van der Waals surface area contributed by atoms with Gasteiger partial charge in [0.1, 0.15) is 0 Å². The zero-order chi connectivity index (χ0) is 21.8. The SMILES string of the molecule is Cc1ncccc1N1CC[C@H](NS(C)(=O)=O)[C@@H]1CO[C@H]1CC[C@@H](c2ccccc2)CC1. The van der Waals surface area contributed by atoms with Crippen LogP contribution in [-0.4, -0.2) is 51.0 Å². The van der Waals surface area contributed by atoms with Crippen molar-refractivity contribution >= 4 is 15.7 Å². The lowest BCUT2D eigenvalue weighted by molar-refractivity contribution is 0.0157. The van der Waals surface area contributed by atoms with Gasteiger partial charge in [0.2, 0.25) is 10.0 Å². The zero-order valence-corrected chi connectivity index (χ0v) is 19.2. The monoisotopic (exact) mass is 443 g/mol. The fraction of sp³-hybridized carbons (Fsp3) is 0.542. The van der Waals surface area contributed by atoms with Crippen LogP contribution in [0, 0.1) is 6.92 Å². The van der Waals surface area contributed by atoms with Crippen LogP contribution in [0.2, 0.25) is 0 Å². The molecule has 2 fully saturated rings. The first-order valence-electron chi connectivity index (χ1n) is 11.2. The van der Waals surface area contributed by atoms with Crippen LogP contribution in [-0.2, 0) is 14.8 Å². The van der Waals surface area contributed by atoms with Gasteiger partial charge in [-0.15, -0.1) is 0 Å². The molecule has 1 N–H and O–H groups in total. The number of benzene rings is 1. The van der Waals surface area contributed by atoms with Crippen LogP contribution in [0.4, 0.5) is 5.69 Å². The Morgan fingerprint density at radius 3 is 2.48 bits per heavy atom. The standard InChI is InChI=1S/C24H33N3O3S/c1-18-23(9-6-15-25-18)27-16-14-22(26-31(2,28)29)24(27)17-30-21-12-10-20(11-13-21)19-7-4-3-5-8-19/h3-9,15,20-22,24,26H,10-14,16-17H2,1-2H3/t20-,21+,22-,24-/m0/s1. The van der Waals surface area contributed by atoms with Gasteiger partial charge in [-0.05, 0) is 62.6 Å². The second-order valence-electron chi connectivity index (χ2n) is 8.87. The van der Waals surface area contributed by atoms with Crippen molar-refractivity contribution in [1.82, 2.24) is 9.71 Å². The molecule has 7 heteroatoms. The number of ether oxygens (including phenoxy) is 1. The average molecular weight is 444 g/mol. The molecule has 1 aromatic carbocycles. The molecule has 4 rings (SSSR count). The molecule has 2 heterocycles. The van der Waals surface area contributed by atoms with Gasteiger partial charge in [0.15, 0.2) is 0 Å². The van der Waals surface area contributed by atoms with E-state index in [0.29, 0.717) is 12.5 Å². The Kier molecular flexibility index (Phi) is 6.94. The summed E-state index contributed by atoms with van der Waals surface area (Å²) < 4.78 is 33.1. The van der Waals surface area contributed by atoms with Gasteiger partial charge < -0.3 is 9.64 Å². The van der Waals surface area contributed by atoms with Crippen molar-refractivity contribution in [3.63, 3.8) is 0 Å². The first-order valence-corrected chi connectivity index (χ1v) is 13.1. The van der Waals surface area contributed by atoms with Crippen LogP contribution in [0.25, 0.3) is 0 Å². The van der Waals surface area contributed by atoms with Gasteiger partial charge in [-0.1, -0.05) is 30.3 Å². The van der Waals surface area contributed by atoms with Crippen molar-refractivity contribution in [2.45, 2.75) is 63.1 Å². The molecule has 2 atom stereocenters. The number of hydrogen-bond acceptors (Lipinski definition) is 5. The molecule has 0 spiro atoms. The number of rotatable bonds is 7. The van der Waals surface area contributed by atoms with Crippen LogP contribution in [0.15, 0.2) is 48.7 Å². The van der Waals surface area contributed by atoms with Crippen LogP contribution in [0.5, 0.6) is 0 Å². The number of pyridine rings is 1. The summed E-state index contributed by atoms with van der Waals surface area (Å²) >= 11 is 0. The van der Waals surface area contributed by atoms with Gasteiger partial charge in [0, 0.05) is 18.8 Å². The summed E-state index contributed by atoms with van der Waals surface area (Å²) in [5, 5.41) is 0. The molecule has 168 valence electrons. The predicted octanol–water partition coefficient (Wildman–Crippen LogP) is 3.63. The fourth-order valence-corrected chi connectivity index (χ4v) is 5.90. The third-order valence-corrected chi connectivity index (χ3v) is 7.38. The molecule has 1 aliphatic carbocycles. The second-order valence-corrected chi connectivity index (χ2v) is 10.7. The van der Waals surface area contributed by atoms with E-state index >= 15 is 0 Å². The number of aromatic nitrogens is 1. The molecule has 0 radical (unpaired) electrons. The van der Waals surface area contributed by atoms with Gasteiger partial charge in [0.05, 0.1) is 36.4 Å². The molecule has 0 unspecified atom stereocenters. The molecule has 1 aromatic heterocycles. The molecule has 6 nitrogen and oxygen atoms in total. The minimum absolute atomic E-state index is 0.0375. The van der Waals surface area contributed by atoms with Crippen molar-refractivity contribution in [3.8, 4) is 0 Å². The summed E-state index contributed by atoms with van der Waals surface area (Å²) in [4.78, 5) is 6.69. The van der Waals surface area contributed by atoms with Crippen LogP contribution in [0.3, 0.4) is 0 Å². The van der Waals surface area contributed by atoms with Gasteiger partial charge >= 0.3 is 0 Å². The molecule has 1 saturated heterocycles. The highest BCUT2D eigenvalue weighted by molar-refractivity contribution is 7.88. The number of anilines is 1. The van der Waals surface area contributed by atoms with E-state index in [1.54, 1.807) is 6.20 Å². The Hall–Kier alpha value is -1.96. The Labute approximate surface area is 186 Å². The molecule has 0 bridgehead atoms. The number of hydrogen-bond donors (Lipinski definition) is 1. The van der Waals surface area contributed by atoms with E-state index in [4.69, 9.17) is 4.74 Å². The van der Waals surface area contributed by atoms with Gasteiger partial charge in [-0.25, -0.2) is 13.1 Å². The quantitative estimate of drug-likeness (QED) is 0.708. The van der Waals surface area contributed by atoms with E-state index in [-0.39, 0.29) is 18.2 Å². The molecule has 2 aromatic rings. The van der Waals surface area contributed by atoms with Gasteiger partial charge in [-0.3, -0.25) is 4.98 Å². The fourth-order valence-electron chi connectivity index (χ4n) is 5.07. The Morgan fingerprint density at radius 1 is 1.06 bits per heavy atom. The van der Waals surface area contributed by atoms with Crippen molar-refractivity contribution in [3.05, 3.63) is 59.9 Å². The topological polar surface area (TPSA) is 71.5 Å². The third-order valence-electron chi connectivity index (χ3n) is 6.65. The predicted molar refractivity (Wildman–Crippen MR) is 124 cm³/mol. The van der Waals surface area contributed by atoms with Crippen LogP contribution in [0.1, 0.15) is 49.3 Å². The van der Waals surface area contributed by atoms with Crippen molar-refractivity contribution < 1.29 is 13.2 Å². The van der Waals surface area contributed by atoms with Crippen LogP contribution < -0.4 is 9.62 Å². The smallest absolute Gasteiger partial charge is 0.209 e. The molecule has 1 saturated carbocycles. The number of nitrogens with one attached hydrogen (secondary N) is 1. The van der Waals surface area contributed by atoms with Gasteiger partial charge in [0.25, 0.3) is 0 Å². The van der Waals surface area contributed by atoms with Crippen molar-refractivity contribution in [2.75, 3.05) is 24.3 Å². The minimum atomic E-state index is -3.29. The maximum Gasteiger partial charge on any atom is 0.209 e. The molecule has 2 aliphatic rings. The molecular weight excluding hydrogens is 410 g/mol. The minimum Gasteiger partial charge on any atom is -0.376 e. The lowest BCUT2D eigenvalue weighted by Gasteiger charge is -2.34. The second kappa shape index (κ2) is 9.67. The molecule has 0 amide bonds. The Morgan fingerprint density at radius 2 is 1.81 bits per heavy atom. The summed E-state index contributed by atoms with van der Waals surface area (Å²) in [5.41, 5.74) is 3.44. The lowest BCUT2D eigenvalue weighted by atomic mass is 9.83. The number of aryl methyl sites for hydroxylation is 1. The lowest BCUT2D eigenvalue weighted by Crippen LogP contribution is -2.48. The van der Waals surface area contributed by atoms with E-state index in [2.05, 4.69) is 51.0 Å². The van der Waals surface area contributed by atoms with E-state index in [9.17, 15) is 8.42 Å². The maximum absolute atomic E-state index is 11.9. The van der Waals surface area contributed by atoms with E-state index in [1.165, 1.54) is 11.8 Å². The number of sulfonamides is 1. The molecule has 31 heavy (non-hydrogen) atoms. The van der Waals surface area contributed by atoms with E-state index < -0.39 is 10.0 Å². The summed E-state index contributed by atoms with van der Waals surface area (Å²) in [6, 6.07) is 14.5. The average Bonchev–Trinajstić information content (AvgIpc) is 3.14. The summed E-state index contributed by atoms with van der Waals surface area (Å²) in [7, 11) is -3.29. The third kappa shape index (κ3) is 5.64.